The van der Waals surface area contributed by atoms with Crippen molar-refractivity contribution < 1.29 is 19.7 Å². The number of hydrogen-bond acceptors (Lipinski definition) is 4. The first-order valence-electron chi connectivity index (χ1n) is 6.76. The molecule has 0 aromatic carbocycles. The van der Waals surface area contributed by atoms with Gasteiger partial charge in [-0.2, -0.15) is 0 Å². The second-order valence-electron chi connectivity index (χ2n) is 5.33. The molecule has 2 saturated heterocycles. The molecule has 2 rings (SSSR count). The van der Waals surface area contributed by atoms with Gasteiger partial charge in [0.1, 0.15) is 0 Å². The Morgan fingerprint density at radius 1 is 1.24 bits per heavy atom. The summed E-state index contributed by atoms with van der Waals surface area (Å²) in [5.74, 6) is 0.327. The summed E-state index contributed by atoms with van der Waals surface area (Å²) in [5.41, 5.74) is -0.0403. The van der Waals surface area contributed by atoms with Crippen molar-refractivity contribution in [2.45, 2.75) is 50.2 Å². The summed E-state index contributed by atoms with van der Waals surface area (Å²) in [6.45, 7) is 2.47. The van der Waals surface area contributed by atoms with Crippen LogP contribution in [0.1, 0.15) is 38.5 Å². The molecule has 100 valence electrons. The van der Waals surface area contributed by atoms with Crippen molar-refractivity contribution in [2.75, 3.05) is 26.4 Å². The molecular weight excluding hydrogens is 220 g/mol. The van der Waals surface area contributed by atoms with Gasteiger partial charge in [-0.05, 0) is 44.4 Å². The van der Waals surface area contributed by atoms with Gasteiger partial charge in [-0.15, -0.1) is 0 Å². The zero-order valence-electron chi connectivity index (χ0n) is 10.4. The van der Waals surface area contributed by atoms with E-state index in [0.717, 1.165) is 45.5 Å². The predicted octanol–water partition coefficient (Wildman–Crippen LogP) is 1.10. The number of hydrogen-bond donors (Lipinski definition) is 2. The van der Waals surface area contributed by atoms with Gasteiger partial charge in [0.2, 0.25) is 0 Å². The molecule has 4 heteroatoms. The minimum absolute atomic E-state index is 0.0403. The SMILES string of the molecule is OCCCC(O)C1CCOC2(CCOCC2)C1. The van der Waals surface area contributed by atoms with Crippen LogP contribution in [-0.2, 0) is 9.47 Å². The van der Waals surface area contributed by atoms with E-state index in [1.165, 1.54) is 0 Å². The fourth-order valence-electron chi connectivity index (χ4n) is 3.02. The molecule has 2 unspecified atom stereocenters. The van der Waals surface area contributed by atoms with Crippen molar-refractivity contribution in [3.63, 3.8) is 0 Å². The van der Waals surface area contributed by atoms with Gasteiger partial charge in [0, 0.05) is 26.4 Å². The van der Waals surface area contributed by atoms with Crippen LogP contribution in [0.5, 0.6) is 0 Å². The summed E-state index contributed by atoms with van der Waals surface area (Å²) < 4.78 is 11.3. The summed E-state index contributed by atoms with van der Waals surface area (Å²) in [6.07, 6.45) is 4.90. The minimum atomic E-state index is -0.286. The third-order valence-corrected chi connectivity index (χ3v) is 4.14. The van der Waals surface area contributed by atoms with E-state index in [1.807, 2.05) is 0 Å². The third-order valence-electron chi connectivity index (χ3n) is 4.14. The molecule has 0 radical (unpaired) electrons. The number of aliphatic hydroxyl groups excluding tert-OH is 2. The van der Waals surface area contributed by atoms with Gasteiger partial charge in [-0.3, -0.25) is 0 Å². The van der Waals surface area contributed by atoms with Crippen molar-refractivity contribution in [3.8, 4) is 0 Å². The molecule has 0 saturated carbocycles. The minimum Gasteiger partial charge on any atom is -0.396 e. The molecule has 2 aliphatic heterocycles. The second-order valence-corrected chi connectivity index (χ2v) is 5.33. The summed E-state index contributed by atoms with van der Waals surface area (Å²) in [6, 6.07) is 0. The van der Waals surface area contributed by atoms with Crippen LogP contribution in [0.2, 0.25) is 0 Å². The first kappa shape index (κ1) is 13.3. The molecule has 2 N–H and O–H groups in total. The van der Waals surface area contributed by atoms with Crippen molar-refractivity contribution in [1.29, 1.82) is 0 Å². The Labute approximate surface area is 103 Å². The van der Waals surface area contributed by atoms with Crippen LogP contribution in [-0.4, -0.2) is 48.3 Å². The average molecular weight is 244 g/mol. The fraction of sp³-hybridized carbons (Fsp3) is 1.00. The van der Waals surface area contributed by atoms with E-state index >= 15 is 0 Å². The standard InChI is InChI=1S/C13H24O4/c14-6-1-2-12(15)11-3-7-17-13(10-11)4-8-16-9-5-13/h11-12,14-15H,1-10H2. The van der Waals surface area contributed by atoms with Crippen LogP contribution in [0.3, 0.4) is 0 Å². The summed E-state index contributed by atoms with van der Waals surface area (Å²) in [7, 11) is 0. The molecule has 0 bridgehead atoms. The van der Waals surface area contributed by atoms with E-state index in [4.69, 9.17) is 14.6 Å². The lowest BCUT2D eigenvalue weighted by atomic mass is 9.78. The maximum Gasteiger partial charge on any atom is 0.0730 e. The molecule has 0 aromatic heterocycles. The lowest BCUT2D eigenvalue weighted by Crippen LogP contribution is -2.46. The smallest absolute Gasteiger partial charge is 0.0730 e. The molecule has 0 aliphatic carbocycles. The molecular formula is C13H24O4. The number of ether oxygens (including phenoxy) is 2. The van der Waals surface area contributed by atoms with Crippen LogP contribution in [0, 0.1) is 5.92 Å². The van der Waals surface area contributed by atoms with Gasteiger partial charge in [-0.25, -0.2) is 0 Å². The van der Waals surface area contributed by atoms with Gasteiger partial charge >= 0.3 is 0 Å². The Morgan fingerprint density at radius 2 is 2.00 bits per heavy atom. The van der Waals surface area contributed by atoms with E-state index in [1.54, 1.807) is 0 Å². The van der Waals surface area contributed by atoms with Gasteiger partial charge in [0.15, 0.2) is 0 Å². The summed E-state index contributed by atoms with van der Waals surface area (Å²) in [4.78, 5) is 0. The van der Waals surface area contributed by atoms with Crippen LogP contribution >= 0.6 is 0 Å². The van der Waals surface area contributed by atoms with Crippen LogP contribution in [0.15, 0.2) is 0 Å². The highest BCUT2D eigenvalue weighted by Gasteiger charge is 2.40. The molecule has 0 amide bonds. The summed E-state index contributed by atoms with van der Waals surface area (Å²) in [5, 5.41) is 18.9. The largest absolute Gasteiger partial charge is 0.396 e. The van der Waals surface area contributed by atoms with Crippen molar-refractivity contribution >= 4 is 0 Å². The van der Waals surface area contributed by atoms with E-state index in [-0.39, 0.29) is 18.3 Å². The molecule has 0 aromatic rings. The molecule has 2 fully saturated rings. The summed E-state index contributed by atoms with van der Waals surface area (Å²) >= 11 is 0. The lowest BCUT2D eigenvalue weighted by molar-refractivity contribution is -0.159. The number of aliphatic hydroxyl groups is 2. The highest BCUT2D eigenvalue weighted by molar-refractivity contribution is 4.90. The zero-order chi connectivity index (χ0) is 12.1. The van der Waals surface area contributed by atoms with Crippen LogP contribution in [0.25, 0.3) is 0 Å². The quantitative estimate of drug-likeness (QED) is 0.777. The normalized spacial score (nSPS) is 30.4. The Balaban J connectivity index is 1.87. The van der Waals surface area contributed by atoms with Gasteiger partial charge < -0.3 is 19.7 Å². The van der Waals surface area contributed by atoms with E-state index in [2.05, 4.69) is 0 Å². The molecule has 2 aliphatic rings. The van der Waals surface area contributed by atoms with Gasteiger partial charge in [0.25, 0.3) is 0 Å². The van der Waals surface area contributed by atoms with Crippen molar-refractivity contribution in [3.05, 3.63) is 0 Å². The molecule has 2 heterocycles. The Hall–Kier alpha value is -0.160. The maximum absolute atomic E-state index is 10.1. The Kier molecular flexibility index (Phi) is 4.79. The van der Waals surface area contributed by atoms with E-state index in [0.29, 0.717) is 18.8 Å². The fourth-order valence-corrected chi connectivity index (χ4v) is 3.02. The predicted molar refractivity (Wildman–Crippen MR) is 63.8 cm³/mol. The highest BCUT2D eigenvalue weighted by Crippen LogP contribution is 2.38. The van der Waals surface area contributed by atoms with Crippen LogP contribution in [0.4, 0.5) is 0 Å². The Morgan fingerprint density at radius 3 is 2.71 bits per heavy atom. The maximum atomic E-state index is 10.1. The van der Waals surface area contributed by atoms with Gasteiger partial charge in [-0.1, -0.05) is 0 Å². The topological polar surface area (TPSA) is 58.9 Å². The first-order chi connectivity index (χ1) is 8.26. The Bertz CT molecular complexity index is 220. The van der Waals surface area contributed by atoms with Crippen LogP contribution < -0.4 is 0 Å². The molecule has 2 atom stereocenters. The van der Waals surface area contributed by atoms with E-state index in [9.17, 15) is 5.11 Å². The van der Waals surface area contributed by atoms with Crippen molar-refractivity contribution in [2.24, 2.45) is 5.92 Å². The number of rotatable bonds is 4. The van der Waals surface area contributed by atoms with Gasteiger partial charge in [0.05, 0.1) is 11.7 Å². The molecule has 1 spiro atoms. The van der Waals surface area contributed by atoms with Crippen molar-refractivity contribution in [1.82, 2.24) is 0 Å². The lowest BCUT2D eigenvalue weighted by Gasteiger charge is -2.44. The molecule has 4 nitrogen and oxygen atoms in total. The first-order valence-corrected chi connectivity index (χ1v) is 6.76. The zero-order valence-corrected chi connectivity index (χ0v) is 10.4. The molecule has 17 heavy (non-hydrogen) atoms. The third kappa shape index (κ3) is 3.41. The highest BCUT2D eigenvalue weighted by atomic mass is 16.5. The average Bonchev–Trinajstić information content (AvgIpc) is 2.37. The van der Waals surface area contributed by atoms with E-state index < -0.39 is 0 Å². The monoisotopic (exact) mass is 244 g/mol. The second kappa shape index (κ2) is 6.14.